The van der Waals surface area contributed by atoms with Gasteiger partial charge in [-0.2, -0.15) is 0 Å². The zero-order chi connectivity index (χ0) is 19.3. The van der Waals surface area contributed by atoms with Gasteiger partial charge in [-0.15, -0.1) is 5.10 Å². The quantitative estimate of drug-likeness (QED) is 0.677. The Hall–Kier alpha value is -3.52. The summed E-state index contributed by atoms with van der Waals surface area (Å²) < 4.78 is 6.90. The monoisotopic (exact) mass is 377 g/mol. The van der Waals surface area contributed by atoms with Gasteiger partial charge < -0.3 is 4.74 Å². The molecule has 1 fully saturated rings. The topological polar surface area (TPSA) is 98.1 Å². The molecule has 28 heavy (non-hydrogen) atoms. The van der Waals surface area contributed by atoms with E-state index in [4.69, 9.17) is 4.74 Å². The van der Waals surface area contributed by atoms with Gasteiger partial charge >= 0.3 is 5.91 Å². The predicted molar refractivity (Wildman–Crippen MR) is 101 cm³/mol. The molecule has 0 bridgehead atoms. The zero-order valence-electron chi connectivity index (χ0n) is 15.0. The van der Waals surface area contributed by atoms with Crippen molar-refractivity contribution < 1.29 is 14.3 Å². The SMILES string of the molecule is O=C(NNC(=O)C1CCCO1)c1nc(-c2ccccc2)n(-c2ccccc2)n1. The van der Waals surface area contributed by atoms with E-state index in [1.807, 2.05) is 60.7 Å². The molecule has 4 rings (SSSR count). The Morgan fingerprint density at radius 2 is 1.71 bits per heavy atom. The molecule has 2 heterocycles. The summed E-state index contributed by atoms with van der Waals surface area (Å²) >= 11 is 0. The molecule has 8 heteroatoms. The van der Waals surface area contributed by atoms with Crippen molar-refractivity contribution in [1.82, 2.24) is 25.6 Å². The fourth-order valence-corrected chi connectivity index (χ4v) is 2.97. The van der Waals surface area contributed by atoms with Crippen LogP contribution in [-0.2, 0) is 9.53 Å². The predicted octanol–water partition coefficient (Wildman–Crippen LogP) is 1.87. The van der Waals surface area contributed by atoms with Crippen molar-refractivity contribution in [2.45, 2.75) is 18.9 Å². The molecule has 1 unspecified atom stereocenters. The first kappa shape index (κ1) is 17.9. The lowest BCUT2D eigenvalue weighted by Gasteiger charge is -2.10. The lowest BCUT2D eigenvalue weighted by atomic mass is 10.2. The van der Waals surface area contributed by atoms with Gasteiger partial charge in [0.25, 0.3) is 5.91 Å². The lowest BCUT2D eigenvalue weighted by molar-refractivity contribution is -0.130. The van der Waals surface area contributed by atoms with Gasteiger partial charge in [-0.3, -0.25) is 20.4 Å². The minimum Gasteiger partial charge on any atom is -0.368 e. The second-order valence-corrected chi connectivity index (χ2v) is 6.32. The Morgan fingerprint density at radius 1 is 1.00 bits per heavy atom. The number of carbonyl (C=O) groups excluding carboxylic acids is 2. The van der Waals surface area contributed by atoms with Crippen LogP contribution in [0.3, 0.4) is 0 Å². The lowest BCUT2D eigenvalue weighted by Crippen LogP contribution is -2.46. The summed E-state index contributed by atoms with van der Waals surface area (Å²) in [6, 6.07) is 18.9. The van der Waals surface area contributed by atoms with E-state index in [1.165, 1.54) is 0 Å². The first-order valence-electron chi connectivity index (χ1n) is 9.02. The van der Waals surface area contributed by atoms with Gasteiger partial charge in [0, 0.05) is 12.2 Å². The zero-order valence-corrected chi connectivity index (χ0v) is 15.0. The Balaban J connectivity index is 1.58. The highest BCUT2D eigenvalue weighted by Gasteiger charge is 2.25. The van der Waals surface area contributed by atoms with Gasteiger partial charge in [0.2, 0.25) is 5.82 Å². The maximum absolute atomic E-state index is 12.5. The standard InChI is InChI=1S/C20H19N5O3/c26-19(16-12-7-13-28-16)22-23-20(27)17-21-18(14-8-3-1-4-9-14)25(24-17)15-10-5-2-6-11-15/h1-6,8-11,16H,7,12-13H2,(H,22,26)(H,23,27). The van der Waals surface area contributed by atoms with Gasteiger partial charge in [0.05, 0.1) is 5.69 Å². The molecule has 1 atom stereocenters. The van der Waals surface area contributed by atoms with Crippen molar-refractivity contribution in [2.75, 3.05) is 6.61 Å². The average Bonchev–Trinajstić information content (AvgIpc) is 3.43. The van der Waals surface area contributed by atoms with E-state index in [-0.39, 0.29) is 11.7 Å². The van der Waals surface area contributed by atoms with E-state index in [9.17, 15) is 9.59 Å². The Labute approximate surface area is 161 Å². The molecule has 0 aliphatic carbocycles. The molecule has 2 N–H and O–H groups in total. The molecule has 1 saturated heterocycles. The number of ether oxygens (including phenoxy) is 1. The van der Waals surface area contributed by atoms with Crippen LogP contribution in [0.1, 0.15) is 23.5 Å². The third kappa shape index (κ3) is 3.77. The molecule has 8 nitrogen and oxygen atoms in total. The number of hydrogen-bond acceptors (Lipinski definition) is 5. The van der Waals surface area contributed by atoms with Crippen LogP contribution >= 0.6 is 0 Å². The minimum atomic E-state index is -0.599. The van der Waals surface area contributed by atoms with Crippen LogP contribution in [0.15, 0.2) is 60.7 Å². The molecule has 2 aromatic carbocycles. The van der Waals surface area contributed by atoms with E-state index in [0.29, 0.717) is 18.9 Å². The fraction of sp³-hybridized carbons (Fsp3) is 0.200. The van der Waals surface area contributed by atoms with Gasteiger partial charge in [-0.25, -0.2) is 9.67 Å². The normalized spacial score (nSPS) is 15.9. The summed E-state index contributed by atoms with van der Waals surface area (Å²) in [7, 11) is 0. The van der Waals surface area contributed by atoms with Crippen LogP contribution in [0.5, 0.6) is 0 Å². The molecule has 1 aliphatic heterocycles. The summed E-state index contributed by atoms with van der Waals surface area (Å²) in [6.07, 6.45) is 0.936. The fourth-order valence-electron chi connectivity index (χ4n) is 2.97. The number of nitrogens with zero attached hydrogens (tertiary/aromatic N) is 3. The number of hydrogen-bond donors (Lipinski definition) is 2. The van der Waals surface area contributed by atoms with E-state index in [2.05, 4.69) is 20.9 Å². The van der Waals surface area contributed by atoms with Crippen molar-refractivity contribution >= 4 is 11.8 Å². The summed E-state index contributed by atoms with van der Waals surface area (Å²) in [5, 5.41) is 4.34. The number of benzene rings is 2. The molecule has 1 aromatic heterocycles. The number of aromatic nitrogens is 3. The van der Waals surface area contributed by atoms with Gasteiger partial charge in [-0.05, 0) is 25.0 Å². The molecule has 2 amide bonds. The van der Waals surface area contributed by atoms with Gasteiger partial charge in [-0.1, -0.05) is 48.5 Å². The Kier molecular flexibility index (Phi) is 5.11. The number of hydrazine groups is 1. The highest BCUT2D eigenvalue weighted by molar-refractivity contribution is 5.93. The summed E-state index contributed by atoms with van der Waals surface area (Å²) in [4.78, 5) is 28.9. The average molecular weight is 377 g/mol. The molecule has 0 saturated carbocycles. The highest BCUT2D eigenvalue weighted by Crippen LogP contribution is 2.21. The largest absolute Gasteiger partial charge is 0.368 e. The van der Waals surface area contributed by atoms with Crippen molar-refractivity contribution in [3.63, 3.8) is 0 Å². The number of nitrogens with one attached hydrogen (secondary N) is 2. The number of para-hydroxylation sites is 1. The number of rotatable bonds is 4. The molecular weight excluding hydrogens is 358 g/mol. The van der Waals surface area contributed by atoms with Crippen LogP contribution in [0.2, 0.25) is 0 Å². The van der Waals surface area contributed by atoms with Crippen molar-refractivity contribution in [3.8, 4) is 17.1 Å². The molecular formula is C20H19N5O3. The molecule has 0 radical (unpaired) electrons. The van der Waals surface area contributed by atoms with Gasteiger partial charge in [0.15, 0.2) is 5.82 Å². The van der Waals surface area contributed by atoms with E-state index in [0.717, 1.165) is 17.7 Å². The second-order valence-electron chi connectivity index (χ2n) is 6.32. The first-order chi connectivity index (χ1) is 13.7. The summed E-state index contributed by atoms with van der Waals surface area (Å²) in [5.41, 5.74) is 6.34. The molecule has 3 aromatic rings. The van der Waals surface area contributed by atoms with Crippen LogP contribution < -0.4 is 10.9 Å². The van der Waals surface area contributed by atoms with Crippen LogP contribution in [0, 0.1) is 0 Å². The molecule has 0 spiro atoms. The maximum atomic E-state index is 12.5. The third-order valence-corrected chi connectivity index (χ3v) is 4.36. The smallest absolute Gasteiger partial charge is 0.309 e. The summed E-state index contributed by atoms with van der Waals surface area (Å²) in [6.45, 7) is 0.551. The number of amides is 2. The molecule has 1 aliphatic rings. The maximum Gasteiger partial charge on any atom is 0.309 e. The molecule has 142 valence electrons. The van der Waals surface area contributed by atoms with Crippen LogP contribution in [0.25, 0.3) is 17.1 Å². The number of carbonyl (C=O) groups is 2. The summed E-state index contributed by atoms with van der Waals surface area (Å²) in [5.74, 6) is -0.493. The van der Waals surface area contributed by atoms with Gasteiger partial charge in [0.1, 0.15) is 6.10 Å². The van der Waals surface area contributed by atoms with Crippen molar-refractivity contribution in [3.05, 3.63) is 66.5 Å². The second kappa shape index (κ2) is 8.01. The Morgan fingerprint density at radius 3 is 2.39 bits per heavy atom. The Bertz CT molecular complexity index is 909. The van der Waals surface area contributed by atoms with Crippen molar-refractivity contribution in [2.24, 2.45) is 0 Å². The highest BCUT2D eigenvalue weighted by atomic mass is 16.5. The van der Waals surface area contributed by atoms with E-state index < -0.39 is 12.0 Å². The van der Waals surface area contributed by atoms with Crippen LogP contribution in [0.4, 0.5) is 0 Å². The third-order valence-electron chi connectivity index (χ3n) is 4.36. The van der Waals surface area contributed by atoms with Crippen molar-refractivity contribution in [1.29, 1.82) is 0 Å². The first-order valence-corrected chi connectivity index (χ1v) is 9.02. The minimum absolute atomic E-state index is 0.0460. The van der Waals surface area contributed by atoms with E-state index >= 15 is 0 Å². The van der Waals surface area contributed by atoms with Crippen LogP contribution in [-0.4, -0.2) is 39.3 Å². The van der Waals surface area contributed by atoms with E-state index in [1.54, 1.807) is 4.68 Å².